The molecule has 0 fully saturated rings. The predicted octanol–water partition coefficient (Wildman–Crippen LogP) is 1.00. The van der Waals surface area contributed by atoms with Crippen molar-refractivity contribution in [1.29, 1.82) is 5.26 Å². The summed E-state index contributed by atoms with van der Waals surface area (Å²) in [5.41, 5.74) is 0. The summed E-state index contributed by atoms with van der Waals surface area (Å²) in [4.78, 5) is 10.5. The van der Waals surface area contributed by atoms with Gasteiger partial charge in [-0.1, -0.05) is 29.8 Å². The quantitative estimate of drug-likeness (QED) is 0.415. The normalized spacial score (nSPS) is 12.3. The molecule has 0 aliphatic heterocycles. The number of carbonyl (C=O) groups excluding carboxylic acids is 1. The number of amides is 1. The molecule has 0 heterocycles. The lowest BCUT2D eigenvalue weighted by Gasteiger charge is -2.09. The minimum Gasteiger partial charge on any atom is -0.273 e. The van der Waals surface area contributed by atoms with E-state index in [0.717, 1.165) is 0 Å². The van der Waals surface area contributed by atoms with Crippen molar-refractivity contribution in [2.24, 2.45) is 5.92 Å². The summed E-state index contributed by atoms with van der Waals surface area (Å²) in [6.45, 7) is 3.80. The number of hydrogen-bond donors (Lipinski definition) is 1. The Kier molecular flexibility index (Phi) is 4.05. The molecule has 3 nitrogen and oxygen atoms in total. The molecule has 0 saturated carbocycles. The highest BCUT2D eigenvalue weighted by molar-refractivity contribution is 9.10. The summed E-state index contributed by atoms with van der Waals surface area (Å²) >= 11 is 3.15. The molecule has 0 aromatic rings. The molecule has 0 rings (SSSR count). The van der Waals surface area contributed by atoms with Crippen LogP contribution in [0.1, 0.15) is 13.8 Å². The first kappa shape index (κ1) is 9.44. The van der Waals surface area contributed by atoms with E-state index in [1.165, 1.54) is 0 Å². The Morgan fingerprint density at radius 1 is 1.70 bits per heavy atom. The standard InChI is InChI=1S/C6H9BrN2O/c1-4(2)5(7)6(10)9-3-8/h4-5H,1-2H3,(H,9,10). The highest BCUT2D eigenvalue weighted by Gasteiger charge is 2.17. The van der Waals surface area contributed by atoms with Crippen LogP contribution in [-0.2, 0) is 4.79 Å². The third-order valence-electron chi connectivity index (χ3n) is 1.01. The van der Waals surface area contributed by atoms with Crippen LogP contribution in [0.2, 0.25) is 0 Å². The van der Waals surface area contributed by atoms with Crippen molar-refractivity contribution >= 4 is 21.8 Å². The monoisotopic (exact) mass is 204 g/mol. The van der Waals surface area contributed by atoms with Crippen LogP contribution < -0.4 is 5.32 Å². The van der Waals surface area contributed by atoms with E-state index in [0.29, 0.717) is 0 Å². The number of carbonyl (C=O) groups is 1. The molecule has 0 saturated heterocycles. The van der Waals surface area contributed by atoms with Crippen LogP contribution in [0, 0.1) is 17.4 Å². The molecular weight excluding hydrogens is 196 g/mol. The summed E-state index contributed by atoms with van der Waals surface area (Å²) < 4.78 is 0. The molecule has 0 spiro atoms. The van der Waals surface area contributed by atoms with Crippen LogP contribution in [0.3, 0.4) is 0 Å². The number of hydrogen-bond acceptors (Lipinski definition) is 2. The zero-order chi connectivity index (χ0) is 8.15. The molecule has 10 heavy (non-hydrogen) atoms. The Balaban J connectivity index is 3.85. The van der Waals surface area contributed by atoms with Crippen molar-refractivity contribution in [3.63, 3.8) is 0 Å². The average molecular weight is 205 g/mol. The molecule has 0 aromatic heterocycles. The lowest BCUT2D eigenvalue weighted by Crippen LogP contribution is -2.30. The molecule has 4 heteroatoms. The molecule has 1 amide bonds. The van der Waals surface area contributed by atoms with Crippen molar-refractivity contribution in [2.45, 2.75) is 18.7 Å². The van der Waals surface area contributed by atoms with Gasteiger partial charge < -0.3 is 0 Å². The van der Waals surface area contributed by atoms with Gasteiger partial charge in [-0.25, -0.2) is 0 Å². The second kappa shape index (κ2) is 4.29. The van der Waals surface area contributed by atoms with Crippen molar-refractivity contribution in [3.8, 4) is 6.19 Å². The second-order valence-electron chi connectivity index (χ2n) is 2.25. The van der Waals surface area contributed by atoms with E-state index in [1.807, 2.05) is 19.2 Å². The molecule has 0 aliphatic carbocycles. The zero-order valence-electron chi connectivity index (χ0n) is 5.89. The highest BCUT2D eigenvalue weighted by atomic mass is 79.9. The van der Waals surface area contributed by atoms with E-state index in [9.17, 15) is 4.79 Å². The molecule has 1 atom stereocenters. The molecule has 1 unspecified atom stereocenters. The van der Waals surface area contributed by atoms with Gasteiger partial charge in [0.25, 0.3) is 0 Å². The van der Waals surface area contributed by atoms with E-state index < -0.39 is 0 Å². The third-order valence-corrected chi connectivity index (χ3v) is 2.49. The molecule has 0 bridgehead atoms. The first-order chi connectivity index (χ1) is 4.59. The number of nitrogens with one attached hydrogen (secondary N) is 1. The number of nitrogens with zero attached hydrogens (tertiary/aromatic N) is 1. The van der Waals surface area contributed by atoms with Crippen LogP contribution in [0.15, 0.2) is 0 Å². The topological polar surface area (TPSA) is 52.9 Å². The molecular formula is C6H9BrN2O. The van der Waals surface area contributed by atoms with Crippen LogP contribution in [0.5, 0.6) is 0 Å². The molecule has 0 aliphatic rings. The van der Waals surface area contributed by atoms with Crippen LogP contribution in [-0.4, -0.2) is 10.7 Å². The van der Waals surface area contributed by atoms with Gasteiger partial charge in [0.05, 0.1) is 4.83 Å². The SMILES string of the molecule is CC(C)C(Br)C(=O)NC#N. The maximum absolute atomic E-state index is 10.8. The Labute approximate surface area is 68.5 Å². The van der Waals surface area contributed by atoms with Gasteiger partial charge in [-0.2, -0.15) is 5.26 Å². The molecule has 0 aromatic carbocycles. The maximum atomic E-state index is 10.8. The highest BCUT2D eigenvalue weighted by Crippen LogP contribution is 2.10. The average Bonchev–Trinajstić information content (AvgIpc) is 1.87. The summed E-state index contributed by atoms with van der Waals surface area (Å²) in [5.74, 6) is -0.0779. The van der Waals surface area contributed by atoms with E-state index in [4.69, 9.17) is 5.26 Å². The van der Waals surface area contributed by atoms with Gasteiger partial charge in [-0.05, 0) is 5.92 Å². The predicted molar refractivity (Wildman–Crippen MR) is 41.3 cm³/mol. The Hall–Kier alpha value is -0.560. The fourth-order valence-electron chi connectivity index (χ4n) is 0.427. The van der Waals surface area contributed by atoms with Gasteiger partial charge in [0.15, 0.2) is 6.19 Å². The van der Waals surface area contributed by atoms with E-state index in [2.05, 4.69) is 15.9 Å². The molecule has 0 radical (unpaired) electrons. The van der Waals surface area contributed by atoms with Crippen LogP contribution >= 0.6 is 15.9 Å². The number of nitriles is 1. The largest absolute Gasteiger partial charge is 0.273 e. The second-order valence-corrected chi connectivity index (χ2v) is 3.23. The number of halogens is 1. The fourth-order valence-corrected chi connectivity index (χ4v) is 0.541. The first-order valence-electron chi connectivity index (χ1n) is 2.92. The minimum absolute atomic E-state index is 0.202. The van der Waals surface area contributed by atoms with Gasteiger partial charge in [0, 0.05) is 0 Å². The van der Waals surface area contributed by atoms with Crippen LogP contribution in [0.4, 0.5) is 0 Å². The Morgan fingerprint density at radius 2 is 2.20 bits per heavy atom. The van der Waals surface area contributed by atoms with E-state index in [-0.39, 0.29) is 16.7 Å². The van der Waals surface area contributed by atoms with Crippen molar-refractivity contribution in [1.82, 2.24) is 5.32 Å². The van der Waals surface area contributed by atoms with Crippen molar-refractivity contribution < 1.29 is 4.79 Å². The van der Waals surface area contributed by atoms with Gasteiger partial charge in [0.2, 0.25) is 5.91 Å². The smallest absolute Gasteiger partial charge is 0.247 e. The van der Waals surface area contributed by atoms with Gasteiger partial charge in [-0.3, -0.25) is 10.1 Å². The summed E-state index contributed by atoms with van der Waals surface area (Å²) in [6, 6.07) is 0. The van der Waals surface area contributed by atoms with Gasteiger partial charge in [0.1, 0.15) is 0 Å². The summed E-state index contributed by atoms with van der Waals surface area (Å²) in [5, 5.41) is 10.1. The van der Waals surface area contributed by atoms with Gasteiger partial charge >= 0.3 is 0 Å². The maximum Gasteiger partial charge on any atom is 0.247 e. The molecule has 1 N–H and O–H groups in total. The van der Waals surface area contributed by atoms with Crippen molar-refractivity contribution in [2.75, 3.05) is 0 Å². The number of alkyl halides is 1. The lowest BCUT2D eigenvalue weighted by molar-refractivity contribution is -0.119. The van der Waals surface area contributed by atoms with Crippen LogP contribution in [0.25, 0.3) is 0 Å². The Bertz CT molecular complexity index is 162. The van der Waals surface area contributed by atoms with Gasteiger partial charge in [-0.15, -0.1) is 0 Å². The zero-order valence-corrected chi connectivity index (χ0v) is 7.47. The Morgan fingerprint density at radius 3 is 2.50 bits per heavy atom. The fraction of sp³-hybridized carbons (Fsp3) is 0.667. The minimum atomic E-state index is -0.280. The third kappa shape index (κ3) is 2.83. The first-order valence-corrected chi connectivity index (χ1v) is 3.84. The van der Waals surface area contributed by atoms with E-state index in [1.54, 1.807) is 6.19 Å². The molecule has 56 valence electrons. The summed E-state index contributed by atoms with van der Waals surface area (Å²) in [7, 11) is 0. The lowest BCUT2D eigenvalue weighted by atomic mass is 10.1. The van der Waals surface area contributed by atoms with Crippen molar-refractivity contribution in [3.05, 3.63) is 0 Å². The number of rotatable bonds is 2. The summed E-state index contributed by atoms with van der Waals surface area (Å²) in [6.07, 6.45) is 1.57. The van der Waals surface area contributed by atoms with E-state index >= 15 is 0 Å².